The molecule has 1 atom stereocenters. The predicted molar refractivity (Wildman–Crippen MR) is 86.7 cm³/mol. The fourth-order valence-corrected chi connectivity index (χ4v) is 2.45. The van der Waals surface area contributed by atoms with E-state index in [1.54, 1.807) is 25.1 Å². The van der Waals surface area contributed by atoms with Crippen LogP contribution in [0.15, 0.2) is 18.2 Å². The Morgan fingerprint density at radius 1 is 1.29 bits per heavy atom. The summed E-state index contributed by atoms with van der Waals surface area (Å²) in [5.41, 5.74) is 0.428. The largest absolute Gasteiger partial charge is 0.490 e. The maximum absolute atomic E-state index is 12.3. The van der Waals surface area contributed by atoms with E-state index >= 15 is 0 Å². The van der Waals surface area contributed by atoms with Gasteiger partial charge in [-0.3, -0.25) is 4.79 Å². The van der Waals surface area contributed by atoms with Gasteiger partial charge in [0.05, 0.1) is 12.7 Å². The molecule has 0 aromatic heterocycles. The summed E-state index contributed by atoms with van der Waals surface area (Å²) in [5.74, 6) is -0.659. The summed E-state index contributed by atoms with van der Waals surface area (Å²) in [6.45, 7) is 2.92. The van der Waals surface area contributed by atoms with Gasteiger partial charge in [0.1, 0.15) is 0 Å². The second-order valence-corrected chi connectivity index (χ2v) is 5.48. The van der Waals surface area contributed by atoms with Gasteiger partial charge in [-0.1, -0.05) is 0 Å². The monoisotopic (exact) mass is 337 g/mol. The van der Waals surface area contributed by atoms with Gasteiger partial charge >= 0.3 is 5.97 Å². The van der Waals surface area contributed by atoms with Crippen LogP contribution in [0.25, 0.3) is 0 Å². The molecule has 1 unspecified atom stereocenters. The summed E-state index contributed by atoms with van der Waals surface area (Å²) in [6, 6.07) is 4.68. The topological polar surface area (TPSA) is 94.1 Å². The molecule has 1 saturated heterocycles. The minimum absolute atomic E-state index is 0.0623. The Morgan fingerprint density at radius 2 is 2.12 bits per heavy atom. The molecule has 2 N–H and O–H groups in total. The van der Waals surface area contributed by atoms with Crippen molar-refractivity contribution in [1.29, 1.82) is 0 Å². The van der Waals surface area contributed by atoms with Crippen LogP contribution < -0.4 is 14.8 Å². The van der Waals surface area contributed by atoms with Gasteiger partial charge in [0.2, 0.25) is 0 Å². The molecule has 1 amide bonds. The number of aliphatic carboxylic acids is 1. The van der Waals surface area contributed by atoms with Crippen LogP contribution in [0, 0.1) is 0 Å². The zero-order chi connectivity index (χ0) is 17.4. The number of amides is 1. The minimum Gasteiger partial charge on any atom is -0.490 e. The number of rotatable bonds is 8. The van der Waals surface area contributed by atoms with Crippen LogP contribution in [-0.4, -0.2) is 49.5 Å². The van der Waals surface area contributed by atoms with E-state index in [1.165, 1.54) is 0 Å². The molecule has 1 aromatic carbocycles. The number of carbonyl (C=O) groups is 2. The molecule has 7 heteroatoms. The van der Waals surface area contributed by atoms with Crippen molar-refractivity contribution in [3.05, 3.63) is 23.8 Å². The first kappa shape index (κ1) is 18.1. The van der Waals surface area contributed by atoms with Gasteiger partial charge in [0, 0.05) is 18.7 Å². The number of ether oxygens (including phenoxy) is 3. The number of benzene rings is 1. The van der Waals surface area contributed by atoms with E-state index in [-0.39, 0.29) is 12.0 Å². The number of hydrogen-bond acceptors (Lipinski definition) is 5. The first-order valence-corrected chi connectivity index (χ1v) is 8.11. The number of hydrogen-bond donors (Lipinski definition) is 2. The van der Waals surface area contributed by atoms with Crippen molar-refractivity contribution in [2.75, 3.05) is 26.4 Å². The maximum Gasteiger partial charge on any atom is 0.341 e. The fourth-order valence-electron chi connectivity index (χ4n) is 2.45. The van der Waals surface area contributed by atoms with E-state index in [4.69, 9.17) is 19.3 Å². The van der Waals surface area contributed by atoms with Crippen LogP contribution in [0.2, 0.25) is 0 Å². The van der Waals surface area contributed by atoms with Gasteiger partial charge in [-0.25, -0.2) is 4.79 Å². The average molecular weight is 337 g/mol. The molecule has 1 aliphatic heterocycles. The van der Waals surface area contributed by atoms with Gasteiger partial charge in [-0.15, -0.1) is 0 Å². The van der Waals surface area contributed by atoms with Crippen molar-refractivity contribution in [1.82, 2.24) is 5.32 Å². The Kier molecular flexibility index (Phi) is 6.87. The molecule has 0 radical (unpaired) electrons. The molecule has 24 heavy (non-hydrogen) atoms. The second-order valence-electron chi connectivity index (χ2n) is 5.48. The normalized spacial score (nSPS) is 17.1. The highest BCUT2D eigenvalue weighted by Crippen LogP contribution is 2.28. The SMILES string of the molecule is CCOc1cc(C(=O)NCC2CCCCO2)ccc1OCC(=O)O. The van der Waals surface area contributed by atoms with Crippen LogP contribution >= 0.6 is 0 Å². The van der Waals surface area contributed by atoms with E-state index in [0.717, 1.165) is 25.9 Å². The summed E-state index contributed by atoms with van der Waals surface area (Å²) < 4.78 is 16.2. The smallest absolute Gasteiger partial charge is 0.341 e. The van der Waals surface area contributed by atoms with Crippen LogP contribution in [0.1, 0.15) is 36.5 Å². The summed E-state index contributed by atoms with van der Waals surface area (Å²) in [7, 11) is 0. The zero-order valence-corrected chi connectivity index (χ0v) is 13.7. The minimum atomic E-state index is -1.08. The highest BCUT2D eigenvalue weighted by Gasteiger charge is 2.17. The lowest BCUT2D eigenvalue weighted by Gasteiger charge is -2.22. The van der Waals surface area contributed by atoms with Gasteiger partial charge in [-0.05, 0) is 44.4 Å². The van der Waals surface area contributed by atoms with Gasteiger partial charge < -0.3 is 24.6 Å². The number of carboxylic acid groups (broad SMARTS) is 1. The van der Waals surface area contributed by atoms with Crippen LogP contribution in [0.4, 0.5) is 0 Å². The van der Waals surface area contributed by atoms with E-state index in [0.29, 0.717) is 30.2 Å². The highest BCUT2D eigenvalue weighted by atomic mass is 16.5. The number of carboxylic acids is 1. The predicted octanol–water partition coefficient (Wildman–Crippen LogP) is 1.85. The Labute approximate surface area is 140 Å². The molecular weight excluding hydrogens is 314 g/mol. The van der Waals surface area contributed by atoms with Crippen molar-refractivity contribution in [3.63, 3.8) is 0 Å². The molecule has 0 saturated carbocycles. The van der Waals surface area contributed by atoms with Crippen molar-refractivity contribution < 1.29 is 28.9 Å². The van der Waals surface area contributed by atoms with Crippen molar-refractivity contribution >= 4 is 11.9 Å². The van der Waals surface area contributed by atoms with Crippen LogP contribution in [-0.2, 0) is 9.53 Å². The summed E-state index contributed by atoms with van der Waals surface area (Å²) >= 11 is 0. The van der Waals surface area contributed by atoms with Crippen molar-refractivity contribution in [3.8, 4) is 11.5 Å². The fraction of sp³-hybridized carbons (Fsp3) is 0.529. The Balaban J connectivity index is 1.98. The van der Waals surface area contributed by atoms with E-state index in [9.17, 15) is 9.59 Å². The van der Waals surface area contributed by atoms with Gasteiger partial charge in [0.15, 0.2) is 18.1 Å². The standard InChI is InChI=1S/C17H23NO6/c1-2-22-15-9-12(6-7-14(15)24-11-16(19)20)17(21)18-10-13-5-3-4-8-23-13/h6-7,9,13H,2-5,8,10-11H2,1H3,(H,18,21)(H,19,20). The lowest BCUT2D eigenvalue weighted by Crippen LogP contribution is -2.35. The molecule has 7 nitrogen and oxygen atoms in total. The Bertz CT molecular complexity index is 568. The first-order chi connectivity index (χ1) is 11.6. The zero-order valence-electron chi connectivity index (χ0n) is 13.7. The Morgan fingerprint density at radius 3 is 2.79 bits per heavy atom. The maximum atomic E-state index is 12.3. The summed E-state index contributed by atoms with van der Waals surface area (Å²) in [6.07, 6.45) is 3.20. The van der Waals surface area contributed by atoms with Crippen molar-refractivity contribution in [2.45, 2.75) is 32.3 Å². The average Bonchev–Trinajstić information content (AvgIpc) is 2.59. The quantitative estimate of drug-likeness (QED) is 0.752. The third kappa shape index (κ3) is 5.42. The number of carbonyl (C=O) groups excluding carboxylic acids is 1. The lowest BCUT2D eigenvalue weighted by molar-refractivity contribution is -0.139. The molecule has 1 aliphatic rings. The molecule has 2 rings (SSSR count). The molecule has 132 valence electrons. The molecular formula is C17H23NO6. The Hall–Kier alpha value is -2.28. The van der Waals surface area contributed by atoms with E-state index < -0.39 is 12.6 Å². The van der Waals surface area contributed by atoms with Crippen molar-refractivity contribution in [2.24, 2.45) is 0 Å². The lowest BCUT2D eigenvalue weighted by atomic mass is 10.1. The highest BCUT2D eigenvalue weighted by molar-refractivity contribution is 5.94. The summed E-state index contributed by atoms with van der Waals surface area (Å²) in [5, 5.41) is 11.5. The van der Waals surface area contributed by atoms with E-state index in [1.807, 2.05) is 0 Å². The first-order valence-electron chi connectivity index (χ1n) is 8.11. The second kappa shape index (κ2) is 9.12. The molecule has 1 fully saturated rings. The molecule has 1 heterocycles. The van der Waals surface area contributed by atoms with Crippen LogP contribution in [0.5, 0.6) is 11.5 Å². The summed E-state index contributed by atoms with van der Waals surface area (Å²) in [4.78, 5) is 22.9. The molecule has 1 aromatic rings. The van der Waals surface area contributed by atoms with E-state index in [2.05, 4.69) is 5.32 Å². The van der Waals surface area contributed by atoms with Crippen LogP contribution in [0.3, 0.4) is 0 Å². The molecule has 0 aliphatic carbocycles. The third-order valence-electron chi connectivity index (χ3n) is 3.62. The van der Waals surface area contributed by atoms with Gasteiger partial charge in [-0.2, -0.15) is 0 Å². The molecule has 0 spiro atoms. The van der Waals surface area contributed by atoms with Gasteiger partial charge in [0.25, 0.3) is 5.91 Å². The molecule has 0 bridgehead atoms. The third-order valence-corrected chi connectivity index (χ3v) is 3.62. The number of nitrogens with one attached hydrogen (secondary N) is 1.